The molecule has 4 heteroatoms. The van der Waals surface area contributed by atoms with Crippen LogP contribution in [0.2, 0.25) is 0 Å². The minimum absolute atomic E-state index is 0.281. The van der Waals surface area contributed by atoms with Gasteiger partial charge in [0.1, 0.15) is 0 Å². The number of carbonyl (C=O) groups excluding carboxylic acids is 1. The van der Waals surface area contributed by atoms with Gasteiger partial charge in [0, 0.05) is 19.3 Å². The fourth-order valence-corrected chi connectivity index (χ4v) is 2.33. The Kier molecular flexibility index (Phi) is 3.87. The number of esters is 1. The summed E-state index contributed by atoms with van der Waals surface area (Å²) in [5.74, 6) is -0.582. The summed E-state index contributed by atoms with van der Waals surface area (Å²) in [6, 6.07) is 5.67. The van der Waals surface area contributed by atoms with Crippen molar-refractivity contribution in [3.05, 3.63) is 29.3 Å². The van der Waals surface area contributed by atoms with Crippen LogP contribution < -0.4 is 4.90 Å². The molecule has 0 fully saturated rings. The van der Waals surface area contributed by atoms with Gasteiger partial charge in [0.05, 0.1) is 6.61 Å². The van der Waals surface area contributed by atoms with E-state index in [1.807, 2.05) is 12.1 Å². The summed E-state index contributed by atoms with van der Waals surface area (Å²) in [6.45, 7) is 3.06. The molecule has 0 unspecified atom stereocenters. The van der Waals surface area contributed by atoms with E-state index in [2.05, 4.69) is 11.9 Å². The summed E-state index contributed by atoms with van der Waals surface area (Å²) in [4.78, 5) is 13.7. The zero-order valence-corrected chi connectivity index (χ0v) is 10.8. The molecule has 98 valence electrons. The first kappa shape index (κ1) is 12.9. The summed E-state index contributed by atoms with van der Waals surface area (Å²) >= 11 is 0. The summed E-state index contributed by atoms with van der Waals surface area (Å²) < 4.78 is 4.82. The summed E-state index contributed by atoms with van der Waals surface area (Å²) in [5, 5.41) is 9.90. The molecule has 1 heterocycles. The molecule has 1 aliphatic heterocycles. The smallest absolute Gasteiger partial charge is 0.339 e. The van der Waals surface area contributed by atoms with E-state index >= 15 is 0 Å². The van der Waals surface area contributed by atoms with Crippen molar-refractivity contribution >= 4 is 11.7 Å². The molecular formula is C14H19NO3. The van der Waals surface area contributed by atoms with Crippen molar-refractivity contribution in [1.82, 2.24) is 0 Å². The van der Waals surface area contributed by atoms with Crippen molar-refractivity contribution in [2.75, 3.05) is 25.1 Å². The molecule has 0 amide bonds. The number of anilines is 1. The van der Waals surface area contributed by atoms with Gasteiger partial charge in [0.15, 0.2) is 6.10 Å². The Bertz CT molecular complexity index is 445. The highest BCUT2D eigenvalue weighted by atomic mass is 16.5. The van der Waals surface area contributed by atoms with Gasteiger partial charge >= 0.3 is 5.97 Å². The van der Waals surface area contributed by atoms with Crippen LogP contribution >= 0.6 is 0 Å². The van der Waals surface area contributed by atoms with Gasteiger partial charge in [-0.1, -0.05) is 12.1 Å². The van der Waals surface area contributed by atoms with Crippen molar-refractivity contribution in [2.45, 2.75) is 25.9 Å². The molecule has 2 rings (SSSR count). The van der Waals surface area contributed by atoms with E-state index in [9.17, 15) is 9.90 Å². The molecule has 0 saturated heterocycles. The van der Waals surface area contributed by atoms with Crippen molar-refractivity contribution in [3.8, 4) is 0 Å². The molecule has 1 aromatic carbocycles. The van der Waals surface area contributed by atoms with Gasteiger partial charge in [0.25, 0.3) is 0 Å². The van der Waals surface area contributed by atoms with E-state index in [4.69, 9.17) is 4.74 Å². The van der Waals surface area contributed by atoms with Gasteiger partial charge in [-0.3, -0.25) is 0 Å². The van der Waals surface area contributed by atoms with Gasteiger partial charge in [-0.15, -0.1) is 0 Å². The number of rotatable bonds is 3. The Morgan fingerprint density at radius 2 is 2.33 bits per heavy atom. The minimum atomic E-state index is -1.18. The third-order valence-electron chi connectivity index (χ3n) is 3.28. The van der Waals surface area contributed by atoms with Gasteiger partial charge in [-0.2, -0.15) is 0 Å². The van der Waals surface area contributed by atoms with Gasteiger partial charge in [0.2, 0.25) is 0 Å². The predicted molar refractivity (Wildman–Crippen MR) is 69.6 cm³/mol. The lowest BCUT2D eigenvalue weighted by Gasteiger charge is -2.28. The molecule has 0 radical (unpaired) electrons. The largest absolute Gasteiger partial charge is 0.464 e. The first-order chi connectivity index (χ1) is 8.63. The molecule has 0 saturated carbocycles. The number of benzene rings is 1. The predicted octanol–water partition coefficient (Wildman–Crippen LogP) is 1.67. The zero-order valence-electron chi connectivity index (χ0n) is 10.8. The lowest BCUT2D eigenvalue weighted by Crippen LogP contribution is -2.25. The van der Waals surface area contributed by atoms with Crippen LogP contribution in [0.25, 0.3) is 0 Å². The van der Waals surface area contributed by atoms with Gasteiger partial charge in [-0.25, -0.2) is 4.79 Å². The maximum Gasteiger partial charge on any atom is 0.339 e. The average molecular weight is 249 g/mol. The topological polar surface area (TPSA) is 49.8 Å². The fourth-order valence-electron chi connectivity index (χ4n) is 2.33. The number of aliphatic hydroxyl groups is 1. The highest BCUT2D eigenvalue weighted by Crippen LogP contribution is 2.29. The zero-order chi connectivity index (χ0) is 13.1. The van der Waals surface area contributed by atoms with E-state index in [1.165, 1.54) is 11.3 Å². The minimum Gasteiger partial charge on any atom is -0.464 e. The van der Waals surface area contributed by atoms with Crippen molar-refractivity contribution in [3.63, 3.8) is 0 Å². The maximum atomic E-state index is 11.5. The van der Waals surface area contributed by atoms with E-state index in [0.29, 0.717) is 5.56 Å². The summed E-state index contributed by atoms with van der Waals surface area (Å²) in [7, 11) is 2.06. The first-order valence-corrected chi connectivity index (χ1v) is 6.32. The molecule has 1 aliphatic rings. The highest BCUT2D eigenvalue weighted by molar-refractivity contribution is 5.76. The van der Waals surface area contributed by atoms with Gasteiger partial charge < -0.3 is 14.7 Å². The van der Waals surface area contributed by atoms with Gasteiger partial charge in [-0.05, 0) is 37.0 Å². The number of fused-ring (bicyclic) bond motifs is 1. The standard InChI is InChI=1S/C14H19NO3/c1-3-18-14(17)13(16)11-6-7-12-10(9-11)5-4-8-15(12)2/h6-7,9,13,16H,3-5,8H2,1-2H3/t13-/m0/s1. The van der Waals surface area contributed by atoms with Crippen LogP contribution in [0.5, 0.6) is 0 Å². The quantitative estimate of drug-likeness (QED) is 0.828. The lowest BCUT2D eigenvalue weighted by molar-refractivity contribution is -0.153. The number of hydrogen-bond donors (Lipinski definition) is 1. The Morgan fingerprint density at radius 1 is 1.56 bits per heavy atom. The van der Waals surface area contributed by atoms with Crippen LogP contribution in [0, 0.1) is 0 Å². The second-order valence-corrected chi connectivity index (χ2v) is 4.57. The van der Waals surface area contributed by atoms with Crippen LogP contribution in [-0.4, -0.2) is 31.3 Å². The SMILES string of the molecule is CCOC(=O)[C@@H](O)c1ccc2c(c1)CCCN2C. The van der Waals surface area contributed by atoms with Crippen LogP contribution in [0.15, 0.2) is 18.2 Å². The molecule has 1 atom stereocenters. The van der Waals surface area contributed by atoms with Crippen molar-refractivity contribution in [2.24, 2.45) is 0 Å². The first-order valence-electron chi connectivity index (χ1n) is 6.32. The third kappa shape index (κ3) is 2.48. The highest BCUT2D eigenvalue weighted by Gasteiger charge is 2.21. The van der Waals surface area contributed by atoms with Crippen LogP contribution in [0.1, 0.15) is 30.6 Å². The Balaban J connectivity index is 2.23. The van der Waals surface area contributed by atoms with E-state index < -0.39 is 12.1 Å². The Labute approximate surface area is 107 Å². The molecule has 0 bridgehead atoms. The number of ether oxygens (including phenoxy) is 1. The van der Waals surface area contributed by atoms with E-state index in [1.54, 1.807) is 13.0 Å². The number of hydrogen-bond acceptors (Lipinski definition) is 4. The second kappa shape index (κ2) is 5.40. The second-order valence-electron chi connectivity index (χ2n) is 4.57. The molecule has 0 aliphatic carbocycles. The summed E-state index contributed by atoms with van der Waals surface area (Å²) in [5.41, 5.74) is 2.98. The fraction of sp³-hybridized carbons (Fsp3) is 0.500. The number of carbonyl (C=O) groups is 1. The van der Waals surface area contributed by atoms with Crippen molar-refractivity contribution in [1.29, 1.82) is 0 Å². The number of nitrogens with zero attached hydrogens (tertiary/aromatic N) is 1. The maximum absolute atomic E-state index is 11.5. The molecule has 1 aromatic rings. The molecule has 1 N–H and O–H groups in total. The van der Waals surface area contributed by atoms with Crippen LogP contribution in [0.3, 0.4) is 0 Å². The van der Waals surface area contributed by atoms with Crippen molar-refractivity contribution < 1.29 is 14.6 Å². The molecular weight excluding hydrogens is 230 g/mol. The van der Waals surface area contributed by atoms with E-state index in [-0.39, 0.29) is 6.61 Å². The molecule has 0 aromatic heterocycles. The monoisotopic (exact) mass is 249 g/mol. The molecule has 18 heavy (non-hydrogen) atoms. The normalized spacial score (nSPS) is 16.1. The molecule has 0 spiro atoms. The van der Waals surface area contributed by atoms with Crippen LogP contribution in [-0.2, 0) is 16.0 Å². The molecule has 4 nitrogen and oxygen atoms in total. The summed E-state index contributed by atoms with van der Waals surface area (Å²) in [6.07, 6.45) is 0.911. The number of aryl methyl sites for hydroxylation is 1. The van der Waals surface area contributed by atoms with E-state index in [0.717, 1.165) is 19.4 Å². The van der Waals surface area contributed by atoms with Crippen LogP contribution in [0.4, 0.5) is 5.69 Å². The average Bonchev–Trinajstić information content (AvgIpc) is 2.38. The lowest BCUT2D eigenvalue weighted by atomic mass is 9.97. The Morgan fingerprint density at radius 3 is 3.06 bits per heavy atom. The third-order valence-corrected chi connectivity index (χ3v) is 3.28. The number of aliphatic hydroxyl groups excluding tert-OH is 1. The Hall–Kier alpha value is -1.55.